The van der Waals surface area contributed by atoms with Gasteiger partial charge in [-0.3, -0.25) is 4.90 Å². The molecule has 0 amide bonds. The number of thioether (sulfide) groups is 1. The van der Waals surface area contributed by atoms with Gasteiger partial charge in [-0.1, -0.05) is 12.1 Å². The van der Waals surface area contributed by atoms with Crippen LogP contribution < -0.4 is 0 Å². The molecule has 0 atom stereocenters. The van der Waals surface area contributed by atoms with E-state index in [1.54, 1.807) is 11.8 Å². The maximum atomic E-state index is 4.34. The molecule has 96 valence electrons. The molecule has 0 spiro atoms. The molecule has 2 rings (SSSR count). The summed E-state index contributed by atoms with van der Waals surface area (Å²) < 4.78 is 2.06. The second kappa shape index (κ2) is 6.07. The monoisotopic (exact) mass is 261 g/mol. The normalized spacial score (nSPS) is 11.1. The maximum absolute atomic E-state index is 4.34. The predicted molar refractivity (Wildman–Crippen MR) is 76.6 cm³/mol. The SMILES string of the molecule is CSc1ccc(CN(C)Cc2nccn2C)cc1. The number of aryl methyl sites for hydroxylation is 1. The van der Waals surface area contributed by atoms with Crippen LogP contribution >= 0.6 is 11.8 Å². The van der Waals surface area contributed by atoms with Crippen molar-refractivity contribution >= 4 is 11.8 Å². The number of benzene rings is 1. The van der Waals surface area contributed by atoms with E-state index in [0.29, 0.717) is 0 Å². The number of rotatable bonds is 5. The van der Waals surface area contributed by atoms with Gasteiger partial charge in [0.2, 0.25) is 0 Å². The Balaban J connectivity index is 1.94. The van der Waals surface area contributed by atoms with Crippen LogP contribution in [-0.4, -0.2) is 27.8 Å². The molecule has 0 radical (unpaired) electrons. The average Bonchev–Trinajstić information content (AvgIpc) is 2.76. The van der Waals surface area contributed by atoms with Gasteiger partial charge < -0.3 is 4.57 Å². The largest absolute Gasteiger partial charge is 0.337 e. The average molecular weight is 261 g/mol. The Labute approximate surface area is 113 Å². The highest BCUT2D eigenvalue weighted by Gasteiger charge is 2.05. The minimum Gasteiger partial charge on any atom is -0.337 e. The summed E-state index contributed by atoms with van der Waals surface area (Å²) in [5.74, 6) is 1.10. The van der Waals surface area contributed by atoms with Crippen molar-refractivity contribution in [1.29, 1.82) is 0 Å². The number of imidazole rings is 1. The van der Waals surface area contributed by atoms with E-state index in [0.717, 1.165) is 18.9 Å². The lowest BCUT2D eigenvalue weighted by atomic mass is 10.2. The van der Waals surface area contributed by atoms with Gasteiger partial charge in [0.15, 0.2) is 0 Å². The van der Waals surface area contributed by atoms with Crippen LogP contribution in [0.2, 0.25) is 0 Å². The first-order valence-electron chi connectivity index (χ1n) is 5.96. The highest BCUT2D eigenvalue weighted by molar-refractivity contribution is 7.98. The first kappa shape index (κ1) is 13.2. The molecule has 0 aliphatic heterocycles. The second-order valence-electron chi connectivity index (χ2n) is 4.47. The Morgan fingerprint density at radius 3 is 2.50 bits per heavy atom. The fraction of sp³-hybridized carbons (Fsp3) is 0.357. The predicted octanol–water partition coefficient (Wildman–Crippen LogP) is 2.77. The standard InChI is InChI=1S/C14H19N3S/c1-16(11-14-15-8-9-17(14)2)10-12-4-6-13(18-3)7-5-12/h4-9H,10-11H2,1-3H3. The molecule has 0 bridgehead atoms. The van der Waals surface area contributed by atoms with Crippen molar-refractivity contribution in [2.24, 2.45) is 7.05 Å². The van der Waals surface area contributed by atoms with Gasteiger partial charge in [-0.25, -0.2) is 4.98 Å². The summed E-state index contributed by atoms with van der Waals surface area (Å²) in [4.78, 5) is 7.93. The highest BCUT2D eigenvalue weighted by Crippen LogP contribution is 2.15. The minimum atomic E-state index is 0.869. The van der Waals surface area contributed by atoms with Crippen molar-refractivity contribution in [2.75, 3.05) is 13.3 Å². The molecule has 4 heteroatoms. The third-order valence-electron chi connectivity index (χ3n) is 2.94. The Morgan fingerprint density at radius 2 is 1.94 bits per heavy atom. The van der Waals surface area contributed by atoms with E-state index in [9.17, 15) is 0 Å². The summed E-state index contributed by atoms with van der Waals surface area (Å²) in [5.41, 5.74) is 1.34. The van der Waals surface area contributed by atoms with Crippen LogP contribution in [0.25, 0.3) is 0 Å². The molecule has 3 nitrogen and oxygen atoms in total. The van der Waals surface area contributed by atoms with E-state index in [2.05, 4.69) is 52.0 Å². The minimum absolute atomic E-state index is 0.869. The van der Waals surface area contributed by atoms with Gasteiger partial charge in [0.25, 0.3) is 0 Å². The van der Waals surface area contributed by atoms with Crippen LogP contribution in [0.3, 0.4) is 0 Å². The van der Waals surface area contributed by atoms with Gasteiger partial charge in [0.1, 0.15) is 5.82 Å². The van der Waals surface area contributed by atoms with Gasteiger partial charge in [0, 0.05) is 30.9 Å². The molecule has 0 aliphatic rings. The Kier molecular flexibility index (Phi) is 4.44. The van der Waals surface area contributed by atoms with Gasteiger partial charge in [0.05, 0.1) is 6.54 Å². The van der Waals surface area contributed by atoms with E-state index in [1.165, 1.54) is 10.5 Å². The third-order valence-corrected chi connectivity index (χ3v) is 3.69. The zero-order chi connectivity index (χ0) is 13.0. The number of hydrogen-bond acceptors (Lipinski definition) is 3. The Bertz CT molecular complexity index is 490. The van der Waals surface area contributed by atoms with E-state index in [1.807, 2.05) is 19.4 Å². The molecule has 1 aromatic heterocycles. The van der Waals surface area contributed by atoms with Crippen molar-refractivity contribution in [3.63, 3.8) is 0 Å². The summed E-state index contributed by atoms with van der Waals surface area (Å²) in [6.45, 7) is 1.81. The second-order valence-corrected chi connectivity index (χ2v) is 5.35. The van der Waals surface area contributed by atoms with Crippen LogP contribution in [0.1, 0.15) is 11.4 Å². The highest BCUT2D eigenvalue weighted by atomic mass is 32.2. The van der Waals surface area contributed by atoms with Crippen molar-refractivity contribution in [2.45, 2.75) is 18.0 Å². The zero-order valence-corrected chi connectivity index (χ0v) is 11.9. The maximum Gasteiger partial charge on any atom is 0.122 e. The molecule has 1 aromatic carbocycles. The van der Waals surface area contributed by atoms with E-state index >= 15 is 0 Å². The number of nitrogens with zero attached hydrogens (tertiary/aromatic N) is 3. The van der Waals surface area contributed by atoms with Crippen molar-refractivity contribution < 1.29 is 0 Å². The molecule has 1 heterocycles. The van der Waals surface area contributed by atoms with E-state index in [-0.39, 0.29) is 0 Å². The number of aromatic nitrogens is 2. The molecular formula is C14H19N3S. The molecule has 0 saturated heterocycles. The van der Waals surface area contributed by atoms with Crippen molar-refractivity contribution in [3.8, 4) is 0 Å². The molecule has 2 aromatic rings. The van der Waals surface area contributed by atoms with Crippen LogP contribution in [0.15, 0.2) is 41.6 Å². The lowest BCUT2D eigenvalue weighted by Gasteiger charge is -2.16. The zero-order valence-electron chi connectivity index (χ0n) is 11.1. The topological polar surface area (TPSA) is 21.1 Å². The van der Waals surface area contributed by atoms with E-state index in [4.69, 9.17) is 0 Å². The van der Waals surface area contributed by atoms with Crippen molar-refractivity contribution in [1.82, 2.24) is 14.5 Å². The van der Waals surface area contributed by atoms with E-state index < -0.39 is 0 Å². The number of hydrogen-bond donors (Lipinski definition) is 0. The summed E-state index contributed by atoms with van der Waals surface area (Å²) in [7, 11) is 4.15. The molecule has 0 unspecified atom stereocenters. The van der Waals surface area contributed by atoms with Crippen LogP contribution in [0.4, 0.5) is 0 Å². The summed E-state index contributed by atoms with van der Waals surface area (Å²) in [5, 5.41) is 0. The summed E-state index contributed by atoms with van der Waals surface area (Å²) in [6, 6.07) is 8.74. The van der Waals surface area contributed by atoms with Crippen molar-refractivity contribution in [3.05, 3.63) is 48.0 Å². The fourth-order valence-corrected chi connectivity index (χ4v) is 2.30. The van der Waals surface area contributed by atoms with Crippen LogP contribution in [0, 0.1) is 0 Å². The lowest BCUT2D eigenvalue weighted by Crippen LogP contribution is -2.19. The first-order valence-corrected chi connectivity index (χ1v) is 7.19. The fourth-order valence-electron chi connectivity index (χ4n) is 1.89. The third kappa shape index (κ3) is 3.37. The Morgan fingerprint density at radius 1 is 1.22 bits per heavy atom. The first-order chi connectivity index (χ1) is 8.69. The Hall–Kier alpha value is -1.26. The van der Waals surface area contributed by atoms with Gasteiger partial charge in [-0.05, 0) is 31.0 Å². The lowest BCUT2D eigenvalue weighted by molar-refractivity contribution is 0.307. The molecule has 0 saturated carbocycles. The molecule has 0 fully saturated rings. The molecular weight excluding hydrogens is 242 g/mol. The summed E-state index contributed by atoms with van der Waals surface area (Å²) in [6.07, 6.45) is 5.93. The summed E-state index contributed by atoms with van der Waals surface area (Å²) >= 11 is 1.78. The molecule has 0 aliphatic carbocycles. The smallest absolute Gasteiger partial charge is 0.122 e. The van der Waals surface area contributed by atoms with Gasteiger partial charge in [-0.15, -0.1) is 11.8 Å². The van der Waals surface area contributed by atoms with Gasteiger partial charge >= 0.3 is 0 Å². The van der Waals surface area contributed by atoms with Crippen LogP contribution in [0.5, 0.6) is 0 Å². The van der Waals surface area contributed by atoms with Gasteiger partial charge in [-0.2, -0.15) is 0 Å². The van der Waals surface area contributed by atoms with Crippen LogP contribution in [-0.2, 0) is 20.1 Å². The molecule has 18 heavy (non-hydrogen) atoms. The molecule has 0 N–H and O–H groups in total. The quantitative estimate of drug-likeness (QED) is 0.772.